The highest BCUT2D eigenvalue weighted by molar-refractivity contribution is 6.32. The largest absolute Gasteiger partial charge is 0.277 e. The minimum Gasteiger partial charge on any atom is -0.277 e. The van der Waals surface area contributed by atoms with Crippen LogP contribution in [0.2, 0.25) is 5.02 Å². The van der Waals surface area contributed by atoms with E-state index in [1.165, 1.54) is 0 Å². The van der Waals surface area contributed by atoms with Gasteiger partial charge in [-0.25, -0.2) is 0 Å². The smallest absolute Gasteiger partial charge is 0.182 e. The van der Waals surface area contributed by atoms with Crippen LogP contribution in [0.1, 0.15) is 18.9 Å². The molecule has 0 aliphatic heterocycles. The zero-order chi connectivity index (χ0) is 12.5. The topological polar surface area (TPSA) is 48.2 Å². The average Bonchev–Trinajstić information content (AvgIpc) is 2.34. The summed E-state index contributed by atoms with van der Waals surface area (Å²) in [4.78, 5) is 4.23. The number of amidine groups is 1. The van der Waals surface area contributed by atoms with Crippen molar-refractivity contribution in [2.24, 2.45) is 4.99 Å². The minimum absolute atomic E-state index is 0.550. The predicted molar refractivity (Wildman–Crippen MR) is 71.8 cm³/mol. The van der Waals surface area contributed by atoms with Crippen molar-refractivity contribution in [1.82, 2.24) is 5.32 Å². The van der Waals surface area contributed by atoms with E-state index in [0.717, 1.165) is 12.0 Å². The van der Waals surface area contributed by atoms with Crippen LogP contribution < -0.4 is 5.32 Å². The van der Waals surface area contributed by atoms with E-state index >= 15 is 0 Å². The second-order valence-electron chi connectivity index (χ2n) is 3.36. The summed E-state index contributed by atoms with van der Waals surface area (Å²) in [5.74, 6) is 0.550. The van der Waals surface area contributed by atoms with Crippen molar-refractivity contribution in [1.29, 1.82) is 5.26 Å². The lowest BCUT2D eigenvalue weighted by Gasteiger charge is -1.99. The fraction of sp³-hybridized carbons (Fsp3) is 0.231. The van der Waals surface area contributed by atoms with Crippen molar-refractivity contribution in [3.05, 3.63) is 40.9 Å². The molecule has 0 heterocycles. The number of aliphatic imine (C=N–C) groups is 1. The van der Waals surface area contributed by atoms with Crippen molar-refractivity contribution in [3.8, 4) is 6.19 Å². The van der Waals surface area contributed by atoms with Crippen LogP contribution in [0, 0.1) is 11.5 Å². The number of halogens is 1. The van der Waals surface area contributed by atoms with Gasteiger partial charge in [-0.3, -0.25) is 10.3 Å². The first-order chi connectivity index (χ1) is 8.27. The molecule has 0 aliphatic rings. The van der Waals surface area contributed by atoms with E-state index in [4.69, 9.17) is 16.9 Å². The van der Waals surface area contributed by atoms with E-state index < -0.39 is 0 Å². The first-order valence-electron chi connectivity index (χ1n) is 5.40. The third-order valence-corrected chi connectivity index (χ3v) is 2.36. The van der Waals surface area contributed by atoms with E-state index in [0.29, 0.717) is 17.4 Å². The molecule has 1 rings (SSSR count). The van der Waals surface area contributed by atoms with Crippen molar-refractivity contribution in [3.63, 3.8) is 0 Å². The molecule has 4 heteroatoms. The fourth-order valence-corrected chi connectivity index (χ4v) is 1.40. The van der Waals surface area contributed by atoms with Crippen LogP contribution in [0.15, 0.2) is 35.3 Å². The number of nitriles is 1. The van der Waals surface area contributed by atoms with Crippen LogP contribution in [0.3, 0.4) is 0 Å². The Bertz CT molecular complexity index is 458. The lowest BCUT2D eigenvalue weighted by atomic mass is 10.2. The normalized spacial score (nSPS) is 11.5. The van der Waals surface area contributed by atoms with Gasteiger partial charge in [-0.15, -0.1) is 0 Å². The SMILES string of the molecule is CCCN=C(/C=C/c1ccccc1Cl)NC#N. The van der Waals surface area contributed by atoms with Crippen molar-refractivity contribution in [2.75, 3.05) is 6.54 Å². The number of rotatable bonds is 4. The highest BCUT2D eigenvalue weighted by Crippen LogP contribution is 2.16. The van der Waals surface area contributed by atoms with Crippen molar-refractivity contribution >= 4 is 23.5 Å². The quantitative estimate of drug-likeness (QED) is 0.384. The van der Waals surface area contributed by atoms with Gasteiger partial charge in [-0.2, -0.15) is 5.26 Å². The van der Waals surface area contributed by atoms with Crippen molar-refractivity contribution in [2.45, 2.75) is 13.3 Å². The summed E-state index contributed by atoms with van der Waals surface area (Å²) in [5.41, 5.74) is 0.901. The molecule has 1 N–H and O–H groups in total. The molecule has 0 bridgehead atoms. The molecule has 0 aliphatic carbocycles. The summed E-state index contributed by atoms with van der Waals surface area (Å²) in [7, 11) is 0. The molecule has 88 valence electrons. The molecule has 0 spiro atoms. The van der Waals surface area contributed by atoms with Gasteiger partial charge in [0.1, 0.15) is 5.84 Å². The number of nitrogens with zero attached hydrogens (tertiary/aromatic N) is 2. The van der Waals surface area contributed by atoms with Gasteiger partial charge in [-0.05, 0) is 30.2 Å². The summed E-state index contributed by atoms with van der Waals surface area (Å²) in [6.45, 7) is 2.72. The molecule has 0 saturated carbocycles. The molecule has 0 amide bonds. The van der Waals surface area contributed by atoms with Crippen LogP contribution in [0.4, 0.5) is 0 Å². The Hall–Kier alpha value is -1.79. The van der Waals surface area contributed by atoms with E-state index in [9.17, 15) is 0 Å². The maximum atomic E-state index is 8.59. The first-order valence-corrected chi connectivity index (χ1v) is 5.78. The van der Waals surface area contributed by atoms with E-state index in [1.54, 1.807) is 6.08 Å². The molecule has 0 unspecified atom stereocenters. The Morgan fingerprint density at radius 1 is 1.53 bits per heavy atom. The third kappa shape index (κ3) is 4.71. The molecular weight excluding hydrogens is 234 g/mol. The van der Waals surface area contributed by atoms with Gasteiger partial charge >= 0.3 is 0 Å². The minimum atomic E-state index is 0.550. The van der Waals surface area contributed by atoms with Gasteiger partial charge < -0.3 is 0 Å². The van der Waals surface area contributed by atoms with Crippen LogP contribution in [0.25, 0.3) is 6.08 Å². The van der Waals surface area contributed by atoms with Gasteiger partial charge in [0.15, 0.2) is 6.19 Å². The van der Waals surface area contributed by atoms with Crippen LogP contribution in [-0.2, 0) is 0 Å². The Kier molecular flexibility index (Phi) is 5.84. The zero-order valence-electron chi connectivity index (χ0n) is 9.65. The Morgan fingerprint density at radius 3 is 2.94 bits per heavy atom. The molecular formula is C13H14ClN3. The zero-order valence-corrected chi connectivity index (χ0v) is 10.4. The van der Waals surface area contributed by atoms with Gasteiger partial charge in [0.05, 0.1) is 0 Å². The van der Waals surface area contributed by atoms with Gasteiger partial charge in [-0.1, -0.05) is 36.7 Å². The fourth-order valence-electron chi connectivity index (χ4n) is 1.20. The van der Waals surface area contributed by atoms with Crippen LogP contribution >= 0.6 is 11.6 Å². The molecule has 0 fully saturated rings. The summed E-state index contributed by atoms with van der Waals surface area (Å²) in [6, 6.07) is 7.51. The van der Waals surface area contributed by atoms with Crippen LogP contribution in [-0.4, -0.2) is 12.4 Å². The molecule has 17 heavy (non-hydrogen) atoms. The maximum absolute atomic E-state index is 8.59. The maximum Gasteiger partial charge on any atom is 0.182 e. The second-order valence-corrected chi connectivity index (χ2v) is 3.77. The highest BCUT2D eigenvalue weighted by Gasteiger charge is 1.95. The summed E-state index contributed by atoms with van der Waals surface area (Å²) >= 11 is 6.01. The molecule has 1 aromatic carbocycles. The number of hydrogen-bond donors (Lipinski definition) is 1. The second kappa shape index (κ2) is 7.48. The van der Waals surface area contributed by atoms with Crippen molar-refractivity contribution < 1.29 is 0 Å². The molecule has 0 radical (unpaired) electrons. The average molecular weight is 248 g/mol. The van der Waals surface area contributed by atoms with E-state index in [-0.39, 0.29) is 0 Å². The Labute approximate surface area is 106 Å². The van der Waals surface area contributed by atoms with Gasteiger partial charge in [0, 0.05) is 11.6 Å². The Morgan fingerprint density at radius 2 is 2.29 bits per heavy atom. The molecule has 0 atom stereocenters. The highest BCUT2D eigenvalue weighted by atomic mass is 35.5. The lowest BCUT2D eigenvalue weighted by molar-refractivity contribution is 0.926. The van der Waals surface area contributed by atoms with E-state index in [1.807, 2.05) is 43.5 Å². The number of hydrogen-bond acceptors (Lipinski definition) is 2. The number of nitrogens with one attached hydrogen (secondary N) is 1. The Balaban J connectivity index is 2.80. The molecule has 0 aromatic heterocycles. The molecule has 0 saturated heterocycles. The van der Waals surface area contributed by atoms with Gasteiger partial charge in [0.25, 0.3) is 0 Å². The third-order valence-electron chi connectivity index (χ3n) is 2.02. The lowest BCUT2D eigenvalue weighted by Crippen LogP contribution is -2.15. The predicted octanol–water partition coefficient (Wildman–Crippen LogP) is 3.23. The standard InChI is InChI=1S/C13H14ClN3/c1-2-9-16-13(17-10-15)8-7-11-5-3-4-6-12(11)14/h3-8H,2,9H2,1H3,(H,16,17)/b8-7+. The molecule has 3 nitrogen and oxygen atoms in total. The summed E-state index contributed by atoms with van der Waals surface area (Å²) in [6.07, 6.45) is 6.39. The van der Waals surface area contributed by atoms with Gasteiger partial charge in [0.2, 0.25) is 0 Å². The first kappa shape index (κ1) is 13.3. The van der Waals surface area contributed by atoms with Crippen LogP contribution in [0.5, 0.6) is 0 Å². The summed E-state index contributed by atoms with van der Waals surface area (Å²) < 4.78 is 0. The monoisotopic (exact) mass is 247 g/mol. The number of benzene rings is 1. The summed E-state index contributed by atoms with van der Waals surface area (Å²) in [5, 5.41) is 11.8. The van der Waals surface area contributed by atoms with E-state index in [2.05, 4.69) is 10.3 Å². The molecule has 1 aromatic rings.